The zero-order chi connectivity index (χ0) is 24.9. The number of anilines is 3. The summed E-state index contributed by atoms with van der Waals surface area (Å²) in [7, 11) is 1.40. The number of aromatic hydroxyl groups is 1. The van der Waals surface area contributed by atoms with Gasteiger partial charge in [0.05, 0.1) is 11.9 Å². The van der Waals surface area contributed by atoms with E-state index in [-0.39, 0.29) is 34.7 Å². The second-order valence-corrected chi connectivity index (χ2v) is 9.70. The van der Waals surface area contributed by atoms with E-state index in [1.165, 1.54) is 19.5 Å². The standard InChI is InChI=1S/C22H27F2N9O2/c1-22(2)10-12(7-13-5-4-6-32(13)22)26-19-15(24)11-25-20(28-19)27-16-9-17(18(34)8-14(16)23)33-30-29-21(35)31(33)3/h8-9,11-13,34H,4-7,10H2,1-3H3,(H2,25,26,27,28)/t12-,13+/m1/s1. The number of nitrogens with one attached hydrogen (secondary N) is 2. The van der Waals surface area contributed by atoms with Crippen LogP contribution in [0, 0.1) is 11.6 Å². The lowest BCUT2D eigenvalue weighted by Gasteiger charge is -2.47. The fourth-order valence-electron chi connectivity index (χ4n) is 5.27. The molecule has 0 aliphatic carbocycles. The Kier molecular flexibility index (Phi) is 5.66. The van der Waals surface area contributed by atoms with Crippen molar-refractivity contribution in [3.05, 3.63) is 40.4 Å². The maximum atomic E-state index is 14.6. The van der Waals surface area contributed by atoms with Crippen LogP contribution in [0.1, 0.15) is 39.5 Å². The highest BCUT2D eigenvalue weighted by Gasteiger charge is 2.43. The van der Waals surface area contributed by atoms with Gasteiger partial charge in [-0.15, -0.1) is 4.80 Å². The minimum atomic E-state index is -0.797. The van der Waals surface area contributed by atoms with Gasteiger partial charge in [-0.1, -0.05) is 5.10 Å². The SMILES string of the molecule is Cn1c(=O)nnn1-c1cc(Nc2ncc(F)c(N[C@@H]3C[C@@H]4CCCN4C(C)(C)C3)n2)c(F)cc1O. The first kappa shape index (κ1) is 23.1. The summed E-state index contributed by atoms with van der Waals surface area (Å²) < 4.78 is 30.3. The van der Waals surface area contributed by atoms with Crippen molar-refractivity contribution in [1.29, 1.82) is 0 Å². The van der Waals surface area contributed by atoms with Gasteiger partial charge >= 0.3 is 5.69 Å². The Balaban J connectivity index is 1.39. The number of piperidine rings is 1. The summed E-state index contributed by atoms with van der Waals surface area (Å²) in [5.41, 5.74) is -0.738. The second-order valence-electron chi connectivity index (χ2n) is 9.70. The van der Waals surface area contributed by atoms with Gasteiger partial charge in [-0.3, -0.25) is 4.90 Å². The largest absolute Gasteiger partial charge is 0.506 e. The van der Waals surface area contributed by atoms with Gasteiger partial charge in [0.25, 0.3) is 0 Å². The van der Waals surface area contributed by atoms with Crippen LogP contribution in [0.3, 0.4) is 0 Å². The number of aromatic nitrogens is 6. The van der Waals surface area contributed by atoms with E-state index in [4.69, 9.17) is 0 Å². The van der Waals surface area contributed by atoms with Crippen LogP contribution in [0.5, 0.6) is 5.75 Å². The molecule has 2 aliphatic heterocycles. The van der Waals surface area contributed by atoms with E-state index in [9.17, 15) is 18.7 Å². The van der Waals surface area contributed by atoms with E-state index in [1.54, 1.807) is 0 Å². The molecule has 11 nitrogen and oxygen atoms in total. The molecule has 4 heterocycles. The number of fused-ring (bicyclic) bond motifs is 1. The average Bonchev–Trinajstić information content (AvgIpc) is 3.40. The van der Waals surface area contributed by atoms with Crippen molar-refractivity contribution in [2.24, 2.45) is 7.05 Å². The Morgan fingerprint density at radius 2 is 2.03 bits per heavy atom. The predicted molar refractivity (Wildman–Crippen MR) is 124 cm³/mol. The summed E-state index contributed by atoms with van der Waals surface area (Å²) in [6.07, 6.45) is 5.04. The van der Waals surface area contributed by atoms with Crippen molar-refractivity contribution < 1.29 is 13.9 Å². The summed E-state index contributed by atoms with van der Waals surface area (Å²) in [5, 5.41) is 23.2. The third-order valence-corrected chi connectivity index (χ3v) is 6.84. The molecule has 0 unspecified atom stereocenters. The number of benzene rings is 1. The summed E-state index contributed by atoms with van der Waals surface area (Å²) in [4.78, 5) is 23.4. The fourth-order valence-corrected chi connectivity index (χ4v) is 5.27. The number of halogens is 2. The average molecular weight is 488 g/mol. The monoisotopic (exact) mass is 487 g/mol. The molecular formula is C22H27F2N9O2. The van der Waals surface area contributed by atoms with Crippen molar-refractivity contribution in [2.45, 2.75) is 57.2 Å². The lowest BCUT2D eigenvalue weighted by molar-refractivity contribution is 0.0500. The lowest BCUT2D eigenvalue weighted by atomic mass is 9.84. The molecule has 0 amide bonds. The van der Waals surface area contributed by atoms with Crippen LogP contribution in [0.25, 0.3) is 5.69 Å². The number of hydrogen-bond donors (Lipinski definition) is 3. The van der Waals surface area contributed by atoms with E-state index in [0.717, 1.165) is 47.5 Å². The molecule has 13 heteroatoms. The Labute approximate surface area is 199 Å². The first-order chi connectivity index (χ1) is 16.6. The number of nitrogens with zero attached hydrogens (tertiary/aromatic N) is 7. The lowest BCUT2D eigenvalue weighted by Crippen LogP contribution is -2.55. The molecule has 2 aromatic heterocycles. The number of phenolic OH excluding ortho intramolecular Hbond substituents is 1. The molecule has 186 valence electrons. The number of rotatable bonds is 5. The zero-order valence-corrected chi connectivity index (χ0v) is 19.7. The Morgan fingerprint density at radius 3 is 2.77 bits per heavy atom. The summed E-state index contributed by atoms with van der Waals surface area (Å²) in [6, 6.07) is 2.59. The van der Waals surface area contributed by atoms with Gasteiger partial charge in [0, 0.05) is 30.7 Å². The molecule has 0 bridgehead atoms. The van der Waals surface area contributed by atoms with Crippen LogP contribution in [0.2, 0.25) is 0 Å². The van der Waals surface area contributed by atoms with Crippen molar-refractivity contribution in [2.75, 3.05) is 17.2 Å². The molecule has 3 aromatic rings. The minimum absolute atomic E-state index is 0.00526. The molecule has 2 fully saturated rings. The van der Waals surface area contributed by atoms with Gasteiger partial charge in [0.2, 0.25) is 5.95 Å². The van der Waals surface area contributed by atoms with Gasteiger partial charge in [0.15, 0.2) is 17.5 Å². The van der Waals surface area contributed by atoms with E-state index in [0.29, 0.717) is 6.04 Å². The van der Waals surface area contributed by atoms with Crippen LogP contribution in [-0.2, 0) is 7.05 Å². The molecule has 0 radical (unpaired) electrons. The predicted octanol–water partition coefficient (Wildman–Crippen LogP) is 2.30. The molecular weight excluding hydrogens is 460 g/mol. The van der Waals surface area contributed by atoms with Crippen LogP contribution in [0.15, 0.2) is 23.1 Å². The molecule has 5 rings (SSSR count). The second kappa shape index (κ2) is 8.56. The van der Waals surface area contributed by atoms with Gasteiger partial charge in [-0.05, 0) is 57.4 Å². The number of tetrazole rings is 1. The maximum Gasteiger partial charge on any atom is 0.383 e. The van der Waals surface area contributed by atoms with E-state index in [2.05, 4.69) is 49.7 Å². The van der Waals surface area contributed by atoms with Crippen LogP contribution >= 0.6 is 0 Å². The summed E-state index contributed by atoms with van der Waals surface area (Å²) in [5.74, 6) is -1.85. The quantitative estimate of drug-likeness (QED) is 0.465. The Morgan fingerprint density at radius 1 is 1.23 bits per heavy atom. The summed E-state index contributed by atoms with van der Waals surface area (Å²) >= 11 is 0. The third kappa shape index (κ3) is 4.31. The summed E-state index contributed by atoms with van der Waals surface area (Å²) in [6.45, 7) is 5.50. The topological polar surface area (TPSA) is 126 Å². The van der Waals surface area contributed by atoms with Crippen molar-refractivity contribution in [3.8, 4) is 11.4 Å². The highest BCUT2D eigenvalue weighted by atomic mass is 19.1. The Bertz CT molecular complexity index is 1320. The van der Waals surface area contributed by atoms with Gasteiger partial charge in [-0.25, -0.2) is 23.2 Å². The highest BCUT2D eigenvalue weighted by Crippen LogP contribution is 2.38. The molecule has 2 atom stereocenters. The number of phenols is 1. The van der Waals surface area contributed by atoms with Crippen LogP contribution in [0.4, 0.5) is 26.2 Å². The van der Waals surface area contributed by atoms with Gasteiger partial charge in [0.1, 0.15) is 11.4 Å². The van der Waals surface area contributed by atoms with Gasteiger partial charge < -0.3 is 15.7 Å². The van der Waals surface area contributed by atoms with E-state index < -0.39 is 23.1 Å². The molecule has 35 heavy (non-hydrogen) atoms. The first-order valence-corrected chi connectivity index (χ1v) is 11.5. The smallest absolute Gasteiger partial charge is 0.383 e. The minimum Gasteiger partial charge on any atom is -0.506 e. The maximum absolute atomic E-state index is 14.6. The van der Waals surface area contributed by atoms with Crippen LogP contribution in [-0.4, -0.2) is 63.9 Å². The third-order valence-electron chi connectivity index (χ3n) is 6.84. The van der Waals surface area contributed by atoms with E-state index >= 15 is 0 Å². The zero-order valence-electron chi connectivity index (χ0n) is 19.7. The molecule has 0 saturated carbocycles. The molecule has 2 aliphatic rings. The molecule has 0 spiro atoms. The van der Waals surface area contributed by atoms with Crippen molar-refractivity contribution >= 4 is 17.5 Å². The fraction of sp³-hybridized carbons (Fsp3) is 0.500. The Hall–Kier alpha value is -3.61. The van der Waals surface area contributed by atoms with E-state index in [1.807, 2.05) is 0 Å². The van der Waals surface area contributed by atoms with Gasteiger partial charge in [-0.2, -0.15) is 4.98 Å². The van der Waals surface area contributed by atoms with Crippen molar-refractivity contribution in [1.82, 2.24) is 34.7 Å². The first-order valence-electron chi connectivity index (χ1n) is 11.5. The molecule has 1 aromatic carbocycles. The van der Waals surface area contributed by atoms with Crippen LogP contribution < -0.4 is 16.3 Å². The molecule has 2 saturated heterocycles. The van der Waals surface area contributed by atoms with Crippen molar-refractivity contribution in [3.63, 3.8) is 0 Å². The normalized spacial score (nSPS) is 21.6. The number of hydrogen-bond acceptors (Lipinski definition) is 9. The molecule has 3 N–H and O–H groups in total. The highest BCUT2D eigenvalue weighted by molar-refractivity contribution is 5.63.